The third kappa shape index (κ3) is 2.92. The molecule has 0 aliphatic carbocycles. The zero-order valence-corrected chi connectivity index (χ0v) is 15.1. The van der Waals surface area contributed by atoms with Gasteiger partial charge in [0.25, 0.3) is 0 Å². The maximum absolute atomic E-state index is 5.88. The zero-order chi connectivity index (χ0) is 18.2. The Kier molecular flexibility index (Phi) is 3.98. The summed E-state index contributed by atoms with van der Waals surface area (Å²) in [6.07, 6.45) is 2.33. The summed E-state index contributed by atoms with van der Waals surface area (Å²) in [4.78, 5) is 14.4. The van der Waals surface area contributed by atoms with Gasteiger partial charge in [-0.15, -0.1) is 0 Å². The van der Waals surface area contributed by atoms with Gasteiger partial charge in [-0.05, 0) is 37.1 Å². The molecule has 2 aromatic heterocycles. The summed E-state index contributed by atoms with van der Waals surface area (Å²) in [6, 6.07) is 15.8. The van der Waals surface area contributed by atoms with E-state index in [1.54, 1.807) is 7.11 Å². The number of para-hydroxylation sites is 2. The smallest absolute Gasteiger partial charge is 0.198 e. The molecule has 27 heavy (non-hydrogen) atoms. The van der Waals surface area contributed by atoms with Crippen LogP contribution in [-0.2, 0) is 11.3 Å². The summed E-state index contributed by atoms with van der Waals surface area (Å²) in [7, 11) is 1.67. The van der Waals surface area contributed by atoms with Gasteiger partial charge in [0.15, 0.2) is 11.3 Å². The number of nitrogens with zero attached hydrogens (tertiary/aromatic N) is 4. The monoisotopic (exact) mass is 360 g/mol. The van der Waals surface area contributed by atoms with Crippen molar-refractivity contribution in [1.82, 2.24) is 19.5 Å². The molecule has 6 nitrogen and oxygen atoms in total. The Morgan fingerprint density at radius 3 is 2.70 bits per heavy atom. The van der Waals surface area contributed by atoms with Crippen molar-refractivity contribution in [1.29, 1.82) is 0 Å². The van der Waals surface area contributed by atoms with Crippen LogP contribution in [0.25, 0.3) is 33.7 Å². The molecule has 4 aromatic rings. The van der Waals surface area contributed by atoms with E-state index < -0.39 is 0 Å². The zero-order valence-electron chi connectivity index (χ0n) is 15.1. The van der Waals surface area contributed by atoms with E-state index in [9.17, 15) is 0 Å². The minimum Gasteiger partial charge on any atom is -0.497 e. The normalized spacial score (nSPS) is 17.0. The number of hydrogen-bond donors (Lipinski definition) is 0. The molecule has 0 N–H and O–H groups in total. The van der Waals surface area contributed by atoms with E-state index in [2.05, 4.69) is 4.57 Å². The van der Waals surface area contributed by atoms with Crippen molar-refractivity contribution in [2.24, 2.45) is 0 Å². The molecule has 6 heteroatoms. The van der Waals surface area contributed by atoms with Gasteiger partial charge in [-0.25, -0.2) is 15.0 Å². The number of benzene rings is 2. The summed E-state index contributed by atoms with van der Waals surface area (Å²) in [5.41, 5.74) is 4.15. The van der Waals surface area contributed by atoms with E-state index in [0.29, 0.717) is 5.65 Å². The van der Waals surface area contributed by atoms with Gasteiger partial charge in [0.05, 0.1) is 30.8 Å². The lowest BCUT2D eigenvalue weighted by Crippen LogP contribution is -2.16. The van der Waals surface area contributed by atoms with Gasteiger partial charge >= 0.3 is 0 Å². The topological polar surface area (TPSA) is 62.1 Å². The van der Waals surface area contributed by atoms with E-state index in [-0.39, 0.29) is 6.10 Å². The van der Waals surface area contributed by atoms with E-state index in [1.807, 2.05) is 48.5 Å². The molecule has 0 amide bonds. The Hall–Kier alpha value is -2.99. The first-order chi connectivity index (χ1) is 13.3. The summed E-state index contributed by atoms with van der Waals surface area (Å²) in [5, 5.41) is 0. The van der Waals surface area contributed by atoms with Gasteiger partial charge in [0.2, 0.25) is 0 Å². The largest absolute Gasteiger partial charge is 0.497 e. The van der Waals surface area contributed by atoms with Gasteiger partial charge < -0.3 is 14.0 Å². The van der Waals surface area contributed by atoms with Crippen LogP contribution in [0.5, 0.6) is 5.75 Å². The summed E-state index contributed by atoms with van der Waals surface area (Å²) in [6.45, 7) is 1.54. The third-order valence-electron chi connectivity index (χ3n) is 5.00. The molecule has 1 saturated heterocycles. The molecule has 0 bridgehead atoms. The molecule has 0 saturated carbocycles. The fourth-order valence-electron chi connectivity index (χ4n) is 3.65. The van der Waals surface area contributed by atoms with Crippen LogP contribution in [0.1, 0.15) is 12.8 Å². The van der Waals surface area contributed by atoms with Crippen molar-refractivity contribution in [2.75, 3.05) is 13.7 Å². The van der Waals surface area contributed by atoms with Crippen LogP contribution in [-0.4, -0.2) is 39.3 Å². The highest BCUT2D eigenvalue weighted by atomic mass is 16.5. The SMILES string of the molecule is COc1cccc(-c2nc3nc4ccccc4nc3n2C[C@@H]2CCCO2)c1. The van der Waals surface area contributed by atoms with E-state index in [0.717, 1.165) is 59.8 Å². The molecule has 0 unspecified atom stereocenters. The van der Waals surface area contributed by atoms with Crippen molar-refractivity contribution in [3.63, 3.8) is 0 Å². The van der Waals surface area contributed by atoms with Crippen LogP contribution in [0, 0.1) is 0 Å². The first-order valence-corrected chi connectivity index (χ1v) is 9.21. The second-order valence-electron chi connectivity index (χ2n) is 6.77. The molecule has 3 heterocycles. The van der Waals surface area contributed by atoms with Gasteiger partial charge in [-0.3, -0.25) is 0 Å². The molecular formula is C21H20N4O2. The molecular weight excluding hydrogens is 340 g/mol. The molecule has 1 aliphatic rings. The third-order valence-corrected chi connectivity index (χ3v) is 5.00. The summed E-state index contributed by atoms with van der Waals surface area (Å²) >= 11 is 0. The van der Waals surface area contributed by atoms with E-state index in [4.69, 9.17) is 24.4 Å². The van der Waals surface area contributed by atoms with Crippen molar-refractivity contribution in [3.8, 4) is 17.1 Å². The number of imidazole rings is 1. The number of aromatic nitrogens is 4. The van der Waals surface area contributed by atoms with Gasteiger partial charge in [0.1, 0.15) is 11.6 Å². The maximum atomic E-state index is 5.88. The van der Waals surface area contributed by atoms with Crippen molar-refractivity contribution in [2.45, 2.75) is 25.5 Å². The fourth-order valence-corrected chi connectivity index (χ4v) is 3.65. The highest BCUT2D eigenvalue weighted by molar-refractivity contribution is 5.85. The Bertz CT molecular complexity index is 1120. The predicted molar refractivity (Wildman–Crippen MR) is 104 cm³/mol. The number of fused-ring (bicyclic) bond motifs is 2. The lowest BCUT2D eigenvalue weighted by Gasteiger charge is -2.14. The molecule has 1 fully saturated rings. The average Bonchev–Trinajstić information content (AvgIpc) is 3.35. The lowest BCUT2D eigenvalue weighted by atomic mass is 10.2. The number of ether oxygens (including phenoxy) is 2. The molecule has 136 valence electrons. The first kappa shape index (κ1) is 16.2. The number of hydrogen-bond acceptors (Lipinski definition) is 5. The Morgan fingerprint density at radius 2 is 1.93 bits per heavy atom. The molecule has 0 radical (unpaired) electrons. The molecule has 0 spiro atoms. The van der Waals surface area contributed by atoms with E-state index >= 15 is 0 Å². The molecule has 1 aliphatic heterocycles. The molecule has 2 aromatic carbocycles. The highest BCUT2D eigenvalue weighted by Crippen LogP contribution is 2.28. The average molecular weight is 360 g/mol. The maximum Gasteiger partial charge on any atom is 0.198 e. The first-order valence-electron chi connectivity index (χ1n) is 9.21. The van der Waals surface area contributed by atoms with Crippen LogP contribution >= 0.6 is 0 Å². The van der Waals surface area contributed by atoms with Crippen molar-refractivity contribution >= 4 is 22.3 Å². The number of rotatable bonds is 4. The summed E-state index contributed by atoms with van der Waals surface area (Å²) in [5.74, 6) is 1.64. The van der Waals surface area contributed by atoms with Crippen molar-refractivity contribution < 1.29 is 9.47 Å². The highest BCUT2D eigenvalue weighted by Gasteiger charge is 2.22. The van der Waals surface area contributed by atoms with Crippen LogP contribution in [0.15, 0.2) is 48.5 Å². The fraction of sp³-hybridized carbons (Fsp3) is 0.286. The van der Waals surface area contributed by atoms with Crippen molar-refractivity contribution in [3.05, 3.63) is 48.5 Å². The Morgan fingerprint density at radius 1 is 1.07 bits per heavy atom. The van der Waals surface area contributed by atoms with Crippen LogP contribution < -0.4 is 4.74 Å². The second kappa shape index (κ2) is 6.63. The molecule has 5 rings (SSSR count). The minimum absolute atomic E-state index is 0.181. The summed E-state index contributed by atoms with van der Waals surface area (Å²) < 4.78 is 13.4. The Balaban J connectivity index is 1.72. The molecule has 1 atom stereocenters. The second-order valence-corrected chi connectivity index (χ2v) is 6.77. The van der Waals surface area contributed by atoms with Gasteiger partial charge in [-0.1, -0.05) is 24.3 Å². The van der Waals surface area contributed by atoms with Crippen LogP contribution in [0.2, 0.25) is 0 Å². The Labute approximate surface area is 156 Å². The standard InChI is InChI=1S/C21H20N4O2/c1-26-15-7-4-6-14(12-15)20-24-19-21(25(20)13-16-8-5-11-27-16)23-18-10-3-2-9-17(18)22-19/h2-4,6-7,9-10,12,16H,5,8,11,13H2,1H3/t16-/m0/s1. The predicted octanol–water partition coefficient (Wildman–Crippen LogP) is 3.83. The van der Waals surface area contributed by atoms with Crippen LogP contribution in [0.3, 0.4) is 0 Å². The lowest BCUT2D eigenvalue weighted by molar-refractivity contribution is 0.0981. The minimum atomic E-state index is 0.181. The van der Waals surface area contributed by atoms with Gasteiger partial charge in [0, 0.05) is 12.2 Å². The van der Waals surface area contributed by atoms with Gasteiger partial charge in [-0.2, -0.15) is 0 Å². The number of methoxy groups -OCH3 is 1. The quantitative estimate of drug-likeness (QED) is 0.553. The van der Waals surface area contributed by atoms with E-state index in [1.165, 1.54) is 0 Å². The van der Waals surface area contributed by atoms with Crippen LogP contribution in [0.4, 0.5) is 0 Å².